The molecule has 12 heteroatoms. The molecule has 0 amide bonds. The number of azide groups is 1. The van der Waals surface area contributed by atoms with E-state index in [1.165, 1.54) is 10.9 Å². The Morgan fingerprint density at radius 2 is 2.14 bits per heavy atom. The van der Waals surface area contributed by atoms with Crippen LogP contribution in [0.25, 0.3) is 21.6 Å². The van der Waals surface area contributed by atoms with Crippen molar-refractivity contribution in [1.29, 1.82) is 5.41 Å². The Hall–Kier alpha value is -2.50. The molecule has 4 atom stereocenters. The van der Waals surface area contributed by atoms with Crippen LogP contribution in [0.15, 0.2) is 17.9 Å². The van der Waals surface area contributed by atoms with Gasteiger partial charge in [-0.2, -0.15) is 14.6 Å². The number of nitrogens with zero attached hydrogens (tertiary/aromatic N) is 7. The molecule has 116 valence electrons. The molecular weight excluding hydrogens is 296 g/mol. The molecule has 0 radical (unpaired) electrons. The number of nitrogens with one attached hydrogen (secondary N) is 1. The van der Waals surface area contributed by atoms with Gasteiger partial charge in [0, 0.05) is 0 Å². The molecule has 12 nitrogen and oxygen atoms in total. The van der Waals surface area contributed by atoms with Crippen LogP contribution in [-0.2, 0) is 4.74 Å². The van der Waals surface area contributed by atoms with Crippen molar-refractivity contribution in [3.05, 3.63) is 28.6 Å². The summed E-state index contributed by atoms with van der Waals surface area (Å²) in [6.07, 6.45) is -2.21. The highest BCUT2D eigenvalue weighted by Gasteiger charge is 2.44. The Morgan fingerprint density at radius 3 is 2.77 bits per heavy atom. The van der Waals surface area contributed by atoms with Crippen molar-refractivity contribution in [3.8, 4) is 0 Å². The van der Waals surface area contributed by atoms with Crippen LogP contribution in [0.2, 0.25) is 0 Å². The molecule has 1 aliphatic heterocycles. The zero-order valence-electron chi connectivity index (χ0n) is 11.1. The molecule has 0 spiro atoms. The number of aliphatic hydroxyl groups excluding tert-OH is 3. The van der Waals surface area contributed by atoms with Gasteiger partial charge in [0.25, 0.3) is 0 Å². The van der Waals surface area contributed by atoms with Crippen molar-refractivity contribution in [2.24, 2.45) is 5.22 Å². The van der Waals surface area contributed by atoms with Crippen molar-refractivity contribution >= 4 is 11.2 Å². The third-order valence-corrected chi connectivity index (χ3v) is 3.43. The van der Waals surface area contributed by atoms with Crippen LogP contribution in [0.1, 0.15) is 6.23 Å². The minimum absolute atomic E-state index is 0.132. The Bertz CT molecular complexity index is 809. The van der Waals surface area contributed by atoms with Crippen LogP contribution in [0.5, 0.6) is 0 Å². The lowest BCUT2D eigenvalue weighted by molar-refractivity contribution is -0.0512. The van der Waals surface area contributed by atoms with E-state index < -0.39 is 31.1 Å². The van der Waals surface area contributed by atoms with E-state index in [-0.39, 0.29) is 16.7 Å². The summed E-state index contributed by atoms with van der Waals surface area (Å²) >= 11 is 0. The van der Waals surface area contributed by atoms with Crippen LogP contribution < -0.4 is 5.49 Å². The quantitative estimate of drug-likeness (QED) is 0.301. The third-order valence-electron chi connectivity index (χ3n) is 3.43. The van der Waals surface area contributed by atoms with Gasteiger partial charge in [-0.25, -0.2) is 4.98 Å². The van der Waals surface area contributed by atoms with Crippen LogP contribution in [-0.4, -0.2) is 59.4 Å². The number of fused-ring (bicyclic) bond motifs is 1. The topological polar surface area (TPSA) is 178 Å². The lowest BCUT2D eigenvalue weighted by Gasteiger charge is -2.16. The van der Waals surface area contributed by atoms with Crippen molar-refractivity contribution < 1.29 is 20.1 Å². The van der Waals surface area contributed by atoms with Gasteiger partial charge in [-0.3, -0.25) is 9.98 Å². The van der Waals surface area contributed by atoms with Gasteiger partial charge in [-0.1, -0.05) is 0 Å². The van der Waals surface area contributed by atoms with Gasteiger partial charge in [0.1, 0.15) is 24.6 Å². The fraction of sp³-hybridized carbons (Fsp3) is 0.500. The van der Waals surface area contributed by atoms with Gasteiger partial charge in [0.2, 0.25) is 5.65 Å². The number of rotatable bonds is 3. The van der Waals surface area contributed by atoms with Crippen molar-refractivity contribution in [2.45, 2.75) is 24.5 Å². The van der Waals surface area contributed by atoms with E-state index in [9.17, 15) is 10.2 Å². The molecule has 22 heavy (non-hydrogen) atoms. The molecule has 3 rings (SSSR count). The zero-order valence-corrected chi connectivity index (χ0v) is 11.1. The number of hydrogen-bond donors (Lipinski definition) is 4. The summed E-state index contributed by atoms with van der Waals surface area (Å²) in [5.74, 6) is 0. The van der Waals surface area contributed by atoms with E-state index in [1.54, 1.807) is 0 Å². The second kappa shape index (κ2) is 5.36. The number of hydrogen-bond acceptors (Lipinski definition) is 8. The molecule has 1 aliphatic rings. The predicted octanol–water partition coefficient (Wildman–Crippen LogP) is -1.60. The maximum Gasteiger partial charge on any atom is 0.244 e. The van der Waals surface area contributed by atoms with E-state index in [0.717, 1.165) is 11.0 Å². The Morgan fingerprint density at radius 1 is 1.36 bits per heavy atom. The van der Waals surface area contributed by atoms with E-state index in [4.69, 9.17) is 20.8 Å². The number of aromatic nitrogens is 4. The lowest BCUT2D eigenvalue weighted by Crippen LogP contribution is -2.33. The fourth-order valence-corrected chi connectivity index (χ4v) is 2.38. The second-order valence-electron chi connectivity index (χ2n) is 4.67. The highest BCUT2D eigenvalue weighted by Crippen LogP contribution is 2.31. The van der Waals surface area contributed by atoms with Crippen LogP contribution in [0.4, 0.5) is 0 Å². The summed E-state index contributed by atoms with van der Waals surface area (Å²) in [4.78, 5) is 10.4. The Kier molecular flexibility index (Phi) is 3.52. The summed E-state index contributed by atoms with van der Waals surface area (Å²) < 4.78 is 7.75. The van der Waals surface area contributed by atoms with Gasteiger partial charge in [0.05, 0.1) is 6.61 Å². The maximum atomic E-state index is 10.1. The van der Waals surface area contributed by atoms with Crippen molar-refractivity contribution in [2.75, 3.05) is 6.61 Å². The normalized spacial score (nSPS) is 28.0. The maximum absolute atomic E-state index is 10.1. The van der Waals surface area contributed by atoms with Crippen LogP contribution in [0.3, 0.4) is 0 Å². The van der Waals surface area contributed by atoms with E-state index >= 15 is 0 Å². The molecular formula is C10H12N8O4. The summed E-state index contributed by atoms with van der Waals surface area (Å²) in [5.41, 5.74) is 8.75. The highest BCUT2D eigenvalue weighted by atomic mass is 16.6. The molecule has 1 fully saturated rings. The smallest absolute Gasteiger partial charge is 0.244 e. The SMILES string of the molecule is [N-]=[N+]=Nn1cnc(=N)c2ncn([C@@H]3O[C@H](CO)[C@@H](O)[C@H]3O)c21. The molecule has 2 aromatic rings. The molecule has 1 saturated heterocycles. The van der Waals surface area contributed by atoms with Gasteiger partial charge in [0.15, 0.2) is 23.6 Å². The number of ether oxygens (including phenoxy) is 1. The third kappa shape index (κ3) is 2.03. The molecule has 4 N–H and O–H groups in total. The lowest BCUT2D eigenvalue weighted by atomic mass is 10.1. The molecule has 0 bridgehead atoms. The first-order chi connectivity index (χ1) is 10.6. The van der Waals surface area contributed by atoms with Gasteiger partial charge in [-0.15, -0.1) is 5.53 Å². The first-order valence-corrected chi connectivity index (χ1v) is 6.25. The Labute approximate surface area is 122 Å². The van der Waals surface area contributed by atoms with Crippen molar-refractivity contribution in [3.63, 3.8) is 0 Å². The van der Waals surface area contributed by atoms with Crippen LogP contribution in [0, 0.1) is 5.41 Å². The Balaban J connectivity index is 2.18. The van der Waals surface area contributed by atoms with Crippen LogP contribution >= 0.6 is 0 Å². The summed E-state index contributed by atoms with van der Waals surface area (Å²) in [6.45, 7) is -0.469. The molecule has 0 saturated carbocycles. The molecule has 0 aliphatic carbocycles. The standard InChI is InChI=1S/C10H12N8O4/c11-8-5-9(18(3-14-8)16-15-12)17(2-13-5)10-7(21)6(20)4(1-19)22-10/h2-4,6-7,10-11,19-21H,1H2/t4-,6-,7-,10-/m1/s1. The predicted molar refractivity (Wildman–Crippen MR) is 68.9 cm³/mol. The summed E-state index contributed by atoms with van der Waals surface area (Å²) in [5, 5.41) is 40.1. The average molecular weight is 308 g/mol. The van der Waals surface area contributed by atoms with E-state index in [0.29, 0.717) is 0 Å². The summed E-state index contributed by atoms with van der Waals surface area (Å²) in [6, 6.07) is 0. The zero-order chi connectivity index (χ0) is 15.9. The van der Waals surface area contributed by atoms with E-state index in [1.807, 2.05) is 0 Å². The molecule has 0 unspecified atom stereocenters. The first-order valence-electron chi connectivity index (χ1n) is 6.25. The summed E-state index contributed by atoms with van der Waals surface area (Å²) in [7, 11) is 0. The second-order valence-corrected chi connectivity index (χ2v) is 4.67. The first kappa shape index (κ1) is 14.4. The largest absolute Gasteiger partial charge is 0.394 e. The number of aliphatic hydroxyl groups is 3. The van der Waals surface area contributed by atoms with Gasteiger partial charge >= 0.3 is 0 Å². The minimum Gasteiger partial charge on any atom is -0.394 e. The van der Waals surface area contributed by atoms with Gasteiger partial charge in [-0.05, 0) is 5.22 Å². The van der Waals surface area contributed by atoms with Crippen molar-refractivity contribution in [1.82, 2.24) is 19.2 Å². The molecule has 0 aromatic carbocycles. The van der Waals surface area contributed by atoms with E-state index in [2.05, 4.69) is 20.1 Å². The van der Waals surface area contributed by atoms with Gasteiger partial charge < -0.3 is 20.1 Å². The minimum atomic E-state index is -1.32. The number of imidazole rings is 1. The molecule has 3 heterocycles. The monoisotopic (exact) mass is 308 g/mol. The molecule has 2 aromatic heterocycles. The highest BCUT2D eigenvalue weighted by molar-refractivity contribution is 5.69. The average Bonchev–Trinajstić information content (AvgIpc) is 3.06. The fourth-order valence-electron chi connectivity index (χ4n) is 2.38.